The molecule has 1 fully saturated rings. The van der Waals surface area contributed by atoms with Gasteiger partial charge in [0, 0.05) is 12.1 Å². The molecule has 2 rings (SSSR count). The molecule has 0 aromatic heterocycles. The van der Waals surface area contributed by atoms with Gasteiger partial charge in [-0.15, -0.1) is 0 Å². The molecule has 0 bridgehead atoms. The Kier molecular flexibility index (Phi) is 4.19. The summed E-state index contributed by atoms with van der Waals surface area (Å²) < 4.78 is 0. The number of rotatable bonds is 3. The molecular formula is C17H25NO2. The molecule has 1 saturated carbocycles. The summed E-state index contributed by atoms with van der Waals surface area (Å²) in [7, 11) is 0. The van der Waals surface area contributed by atoms with E-state index in [1.54, 1.807) is 0 Å². The molecule has 3 nitrogen and oxygen atoms in total. The first-order chi connectivity index (χ1) is 9.32. The van der Waals surface area contributed by atoms with Crippen LogP contribution < -0.4 is 5.32 Å². The number of nitrogens with one attached hydrogen (secondary N) is 1. The lowest BCUT2D eigenvalue weighted by Gasteiger charge is -2.25. The Morgan fingerprint density at radius 1 is 1.25 bits per heavy atom. The van der Waals surface area contributed by atoms with Crippen LogP contribution >= 0.6 is 0 Å². The molecule has 2 N–H and O–H groups in total. The fourth-order valence-electron chi connectivity index (χ4n) is 2.89. The van der Waals surface area contributed by atoms with Gasteiger partial charge in [0.25, 0.3) is 5.91 Å². The van der Waals surface area contributed by atoms with Crippen LogP contribution in [0.3, 0.4) is 0 Å². The van der Waals surface area contributed by atoms with Crippen LogP contribution in [0.25, 0.3) is 0 Å². The van der Waals surface area contributed by atoms with Gasteiger partial charge in [-0.2, -0.15) is 0 Å². The van der Waals surface area contributed by atoms with Gasteiger partial charge in [0.15, 0.2) is 0 Å². The van der Waals surface area contributed by atoms with Crippen molar-refractivity contribution >= 4 is 5.91 Å². The standard InChI is InChI=1S/C17H25NO2/c1-16(2,3)14-9-5-4-8-13(14)15(19)18-12-17(20)10-6-7-11-17/h4-5,8-9,20H,6-7,10-12H2,1-3H3,(H,18,19). The number of amides is 1. The molecule has 1 aromatic carbocycles. The highest BCUT2D eigenvalue weighted by Gasteiger charge is 2.31. The molecule has 110 valence electrons. The Labute approximate surface area is 121 Å². The molecule has 0 heterocycles. The third kappa shape index (κ3) is 3.40. The van der Waals surface area contributed by atoms with Crippen molar-refractivity contribution in [2.45, 2.75) is 57.5 Å². The summed E-state index contributed by atoms with van der Waals surface area (Å²) in [5.74, 6) is -0.0872. The van der Waals surface area contributed by atoms with Crippen molar-refractivity contribution in [2.75, 3.05) is 6.54 Å². The van der Waals surface area contributed by atoms with Crippen LogP contribution in [-0.2, 0) is 5.41 Å². The average molecular weight is 275 g/mol. The molecule has 0 saturated heterocycles. The highest BCUT2D eigenvalue weighted by atomic mass is 16.3. The molecular weight excluding hydrogens is 250 g/mol. The van der Waals surface area contributed by atoms with Crippen molar-refractivity contribution in [3.8, 4) is 0 Å². The number of benzene rings is 1. The van der Waals surface area contributed by atoms with E-state index in [1.165, 1.54) is 0 Å². The molecule has 0 radical (unpaired) electrons. The molecule has 1 aliphatic rings. The molecule has 1 amide bonds. The minimum atomic E-state index is -0.702. The largest absolute Gasteiger partial charge is 0.388 e. The Morgan fingerprint density at radius 3 is 2.45 bits per heavy atom. The first-order valence-corrected chi connectivity index (χ1v) is 7.42. The van der Waals surface area contributed by atoms with E-state index in [4.69, 9.17) is 0 Å². The van der Waals surface area contributed by atoms with Crippen LogP contribution in [0.4, 0.5) is 0 Å². The summed E-state index contributed by atoms with van der Waals surface area (Å²) in [5.41, 5.74) is 0.974. The Bertz CT molecular complexity index is 482. The van der Waals surface area contributed by atoms with Crippen LogP contribution in [0.2, 0.25) is 0 Å². The minimum Gasteiger partial charge on any atom is -0.388 e. The van der Waals surface area contributed by atoms with E-state index >= 15 is 0 Å². The van der Waals surface area contributed by atoms with Crippen molar-refractivity contribution in [3.05, 3.63) is 35.4 Å². The minimum absolute atomic E-state index is 0.0712. The second-order valence-corrected chi connectivity index (χ2v) is 6.91. The molecule has 1 aliphatic carbocycles. The highest BCUT2D eigenvalue weighted by Crippen LogP contribution is 2.29. The molecule has 0 unspecified atom stereocenters. The lowest BCUT2D eigenvalue weighted by molar-refractivity contribution is 0.0449. The molecule has 0 spiro atoms. The Hall–Kier alpha value is -1.35. The Balaban J connectivity index is 2.10. The topological polar surface area (TPSA) is 49.3 Å². The summed E-state index contributed by atoms with van der Waals surface area (Å²) in [5, 5.41) is 13.2. The first kappa shape index (κ1) is 15.0. The summed E-state index contributed by atoms with van der Waals surface area (Å²) in [6, 6.07) is 7.70. The molecule has 20 heavy (non-hydrogen) atoms. The third-order valence-electron chi connectivity index (χ3n) is 4.09. The molecule has 0 atom stereocenters. The zero-order valence-corrected chi connectivity index (χ0v) is 12.7. The van der Waals surface area contributed by atoms with Gasteiger partial charge in [-0.25, -0.2) is 0 Å². The zero-order chi connectivity index (χ0) is 14.8. The summed E-state index contributed by atoms with van der Waals surface area (Å²) in [4.78, 5) is 12.4. The normalized spacial score (nSPS) is 18.0. The molecule has 0 aliphatic heterocycles. The van der Waals surface area contributed by atoms with Crippen molar-refractivity contribution in [2.24, 2.45) is 0 Å². The van der Waals surface area contributed by atoms with Crippen molar-refractivity contribution < 1.29 is 9.90 Å². The Morgan fingerprint density at radius 2 is 1.85 bits per heavy atom. The van der Waals surface area contributed by atoms with Gasteiger partial charge in [0.1, 0.15) is 0 Å². The summed E-state index contributed by atoms with van der Waals surface area (Å²) in [6.45, 7) is 6.65. The van der Waals surface area contributed by atoms with E-state index in [0.29, 0.717) is 12.1 Å². The summed E-state index contributed by atoms with van der Waals surface area (Å²) in [6.07, 6.45) is 3.66. The van der Waals surface area contributed by atoms with Crippen LogP contribution in [0.5, 0.6) is 0 Å². The molecule has 3 heteroatoms. The van der Waals surface area contributed by atoms with Gasteiger partial charge in [-0.1, -0.05) is 51.8 Å². The smallest absolute Gasteiger partial charge is 0.251 e. The highest BCUT2D eigenvalue weighted by molar-refractivity contribution is 5.96. The number of aliphatic hydroxyl groups is 1. The van der Waals surface area contributed by atoms with E-state index in [9.17, 15) is 9.90 Å². The zero-order valence-electron chi connectivity index (χ0n) is 12.7. The van der Waals surface area contributed by atoms with Crippen LogP contribution in [0, 0.1) is 0 Å². The first-order valence-electron chi connectivity index (χ1n) is 7.42. The van der Waals surface area contributed by atoms with E-state index in [2.05, 4.69) is 26.1 Å². The van der Waals surface area contributed by atoms with Crippen molar-refractivity contribution in [1.29, 1.82) is 0 Å². The van der Waals surface area contributed by atoms with Gasteiger partial charge >= 0.3 is 0 Å². The van der Waals surface area contributed by atoms with E-state index in [0.717, 1.165) is 31.2 Å². The fraction of sp³-hybridized carbons (Fsp3) is 0.588. The maximum atomic E-state index is 12.4. The third-order valence-corrected chi connectivity index (χ3v) is 4.09. The maximum absolute atomic E-state index is 12.4. The lowest BCUT2D eigenvalue weighted by Crippen LogP contribution is -2.41. The van der Waals surface area contributed by atoms with Gasteiger partial charge in [-0.3, -0.25) is 4.79 Å². The second-order valence-electron chi connectivity index (χ2n) is 6.91. The summed E-state index contributed by atoms with van der Waals surface area (Å²) >= 11 is 0. The van der Waals surface area contributed by atoms with E-state index in [1.807, 2.05) is 24.3 Å². The number of hydrogen-bond acceptors (Lipinski definition) is 2. The van der Waals surface area contributed by atoms with E-state index in [-0.39, 0.29) is 11.3 Å². The van der Waals surface area contributed by atoms with Gasteiger partial charge in [0.2, 0.25) is 0 Å². The maximum Gasteiger partial charge on any atom is 0.251 e. The quantitative estimate of drug-likeness (QED) is 0.891. The fourth-order valence-corrected chi connectivity index (χ4v) is 2.89. The predicted molar refractivity (Wildman–Crippen MR) is 80.9 cm³/mol. The predicted octanol–water partition coefficient (Wildman–Crippen LogP) is 3.02. The lowest BCUT2D eigenvalue weighted by atomic mass is 9.83. The average Bonchev–Trinajstić information content (AvgIpc) is 2.82. The number of hydrogen-bond donors (Lipinski definition) is 2. The van der Waals surface area contributed by atoms with Crippen molar-refractivity contribution in [1.82, 2.24) is 5.32 Å². The van der Waals surface area contributed by atoms with Crippen LogP contribution in [0.15, 0.2) is 24.3 Å². The number of carbonyl (C=O) groups excluding carboxylic acids is 1. The van der Waals surface area contributed by atoms with Gasteiger partial charge in [-0.05, 0) is 29.9 Å². The SMILES string of the molecule is CC(C)(C)c1ccccc1C(=O)NCC1(O)CCCC1. The van der Waals surface area contributed by atoms with Crippen LogP contribution in [-0.4, -0.2) is 23.2 Å². The van der Waals surface area contributed by atoms with Gasteiger partial charge in [0.05, 0.1) is 5.60 Å². The number of carbonyl (C=O) groups is 1. The second kappa shape index (κ2) is 5.57. The van der Waals surface area contributed by atoms with E-state index < -0.39 is 5.60 Å². The monoisotopic (exact) mass is 275 g/mol. The van der Waals surface area contributed by atoms with Crippen molar-refractivity contribution in [3.63, 3.8) is 0 Å². The van der Waals surface area contributed by atoms with Gasteiger partial charge < -0.3 is 10.4 Å². The van der Waals surface area contributed by atoms with Crippen LogP contribution in [0.1, 0.15) is 62.4 Å². The molecule has 1 aromatic rings.